The van der Waals surface area contributed by atoms with Crippen LogP contribution in [-0.2, 0) is 0 Å². The van der Waals surface area contributed by atoms with Crippen molar-refractivity contribution in [3.8, 4) is 11.4 Å². The Labute approximate surface area is 119 Å². The molecule has 0 atom stereocenters. The Morgan fingerprint density at radius 3 is 2.16 bits per heavy atom. The smallest absolute Gasteiger partial charge is 0.143 e. The number of hydrogen-bond acceptors (Lipinski definition) is 3. The zero-order chi connectivity index (χ0) is 13.6. The van der Waals surface area contributed by atoms with Gasteiger partial charge in [0.2, 0.25) is 0 Å². The largest absolute Gasteiger partial charge is 0.506 e. The fourth-order valence-electron chi connectivity index (χ4n) is 1.81. The molecule has 0 saturated carbocycles. The Morgan fingerprint density at radius 1 is 1.00 bits per heavy atom. The topological polar surface area (TPSA) is 50.9 Å². The van der Waals surface area contributed by atoms with Crippen molar-refractivity contribution >= 4 is 34.2 Å². The maximum atomic E-state index is 9.87. The van der Waals surface area contributed by atoms with E-state index >= 15 is 0 Å². The van der Waals surface area contributed by atoms with E-state index in [1.807, 2.05) is 13.0 Å². The number of aryl methyl sites for hydroxylation is 1. The van der Waals surface area contributed by atoms with Gasteiger partial charge in [-0.05, 0) is 36.8 Å². The predicted molar refractivity (Wildman–Crippen MR) is 75.3 cm³/mol. The van der Waals surface area contributed by atoms with Gasteiger partial charge >= 0.3 is 0 Å². The first-order chi connectivity index (χ1) is 9.04. The van der Waals surface area contributed by atoms with Gasteiger partial charge in [0.25, 0.3) is 0 Å². The van der Waals surface area contributed by atoms with Gasteiger partial charge in [0.15, 0.2) is 0 Å². The molecule has 0 unspecified atom stereocenters. The Balaban J connectivity index is 2.23. The van der Waals surface area contributed by atoms with Crippen molar-refractivity contribution in [2.75, 3.05) is 0 Å². The molecule has 96 valence electrons. The Kier molecular flexibility index (Phi) is 2.84. The molecule has 1 N–H and O–H groups in total. The van der Waals surface area contributed by atoms with Crippen molar-refractivity contribution in [2.24, 2.45) is 0 Å². The number of aromatic nitrogens is 3. The fourth-order valence-corrected chi connectivity index (χ4v) is 2.13. The van der Waals surface area contributed by atoms with Gasteiger partial charge in [0, 0.05) is 0 Å². The quantitative estimate of drug-likeness (QED) is 0.743. The van der Waals surface area contributed by atoms with Crippen molar-refractivity contribution in [1.29, 1.82) is 0 Å². The average molecular weight is 294 g/mol. The van der Waals surface area contributed by atoms with E-state index in [0.717, 1.165) is 5.56 Å². The minimum absolute atomic E-state index is 0.114. The van der Waals surface area contributed by atoms with Gasteiger partial charge in [0.1, 0.15) is 22.5 Å². The molecule has 0 amide bonds. The van der Waals surface area contributed by atoms with Gasteiger partial charge in [-0.2, -0.15) is 0 Å². The van der Waals surface area contributed by atoms with Crippen LogP contribution in [0.1, 0.15) is 5.56 Å². The van der Waals surface area contributed by atoms with Crippen molar-refractivity contribution in [2.45, 2.75) is 6.92 Å². The van der Waals surface area contributed by atoms with Crippen LogP contribution in [0.15, 0.2) is 30.3 Å². The highest BCUT2D eigenvalue weighted by molar-refractivity contribution is 6.42. The lowest BCUT2D eigenvalue weighted by molar-refractivity contribution is 0.467. The third-order valence-electron chi connectivity index (χ3n) is 2.77. The Morgan fingerprint density at radius 2 is 1.58 bits per heavy atom. The Hall–Kier alpha value is -1.78. The van der Waals surface area contributed by atoms with Crippen LogP contribution in [0.5, 0.6) is 5.75 Å². The molecule has 0 aliphatic carbocycles. The second-order valence-corrected chi connectivity index (χ2v) is 5.05. The highest BCUT2D eigenvalue weighted by atomic mass is 35.5. The monoisotopic (exact) mass is 293 g/mol. The minimum atomic E-state index is 0.114. The zero-order valence-corrected chi connectivity index (χ0v) is 11.4. The van der Waals surface area contributed by atoms with E-state index in [-0.39, 0.29) is 5.75 Å². The summed E-state index contributed by atoms with van der Waals surface area (Å²) in [7, 11) is 0. The van der Waals surface area contributed by atoms with Gasteiger partial charge in [-0.25, -0.2) is 0 Å². The molecular weight excluding hydrogens is 285 g/mol. The number of fused-ring (bicyclic) bond motifs is 1. The number of rotatable bonds is 1. The van der Waals surface area contributed by atoms with E-state index in [9.17, 15) is 5.11 Å². The SMILES string of the molecule is Cc1ccc(O)c(-n2nc3cc(Cl)c(Cl)cc3n2)c1. The van der Waals surface area contributed by atoms with Crippen molar-refractivity contribution in [1.82, 2.24) is 15.0 Å². The lowest BCUT2D eigenvalue weighted by atomic mass is 10.2. The molecule has 1 aromatic heterocycles. The highest BCUT2D eigenvalue weighted by Crippen LogP contribution is 2.28. The van der Waals surface area contributed by atoms with E-state index in [2.05, 4.69) is 10.2 Å². The summed E-state index contributed by atoms with van der Waals surface area (Å²) in [6.07, 6.45) is 0. The van der Waals surface area contributed by atoms with E-state index in [0.29, 0.717) is 26.8 Å². The van der Waals surface area contributed by atoms with Gasteiger partial charge in [-0.3, -0.25) is 0 Å². The van der Waals surface area contributed by atoms with Crippen LogP contribution in [0, 0.1) is 6.92 Å². The zero-order valence-electron chi connectivity index (χ0n) is 9.93. The van der Waals surface area contributed by atoms with Crippen LogP contribution in [0.4, 0.5) is 0 Å². The first kappa shape index (κ1) is 12.3. The molecule has 0 spiro atoms. The minimum Gasteiger partial charge on any atom is -0.506 e. The number of phenols is 1. The molecule has 0 aliphatic heterocycles. The Bertz CT molecular complexity index is 744. The number of benzene rings is 2. The van der Waals surface area contributed by atoms with Crippen LogP contribution in [0.3, 0.4) is 0 Å². The summed E-state index contributed by atoms with van der Waals surface area (Å²) in [6, 6.07) is 8.52. The molecule has 0 saturated heterocycles. The summed E-state index contributed by atoms with van der Waals surface area (Å²) in [6.45, 7) is 1.93. The molecule has 0 aliphatic rings. The standard InChI is InChI=1S/C13H9Cl2N3O/c1-7-2-3-13(19)12(4-7)18-16-10-5-8(14)9(15)6-11(10)17-18/h2-6,19H,1H3. The molecular formula is C13H9Cl2N3O. The van der Waals surface area contributed by atoms with Gasteiger partial charge in [0.05, 0.1) is 10.0 Å². The average Bonchev–Trinajstić information content (AvgIpc) is 2.75. The van der Waals surface area contributed by atoms with Crippen LogP contribution in [-0.4, -0.2) is 20.1 Å². The molecule has 19 heavy (non-hydrogen) atoms. The first-order valence-corrected chi connectivity index (χ1v) is 6.32. The van der Waals surface area contributed by atoms with Crippen LogP contribution in [0.2, 0.25) is 10.0 Å². The maximum Gasteiger partial charge on any atom is 0.143 e. The highest BCUT2D eigenvalue weighted by Gasteiger charge is 2.11. The van der Waals surface area contributed by atoms with E-state index in [4.69, 9.17) is 23.2 Å². The fraction of sp³-hybridized carbons (Fsp3) is 0.0769. The first-order valence-electron chi connectivity index (χ1n) is 5.57. The molecule has 2 aromatic carbocycles. The van der Waals surface area contributed by atoms with Crippen LogP contribution < -0.4 is 0 Å². The third-order valence-corrected chi connectivity index (χ3v) is 3.49. The van der Waals surface area contributed by atoms with Crippen LogP contribution >= 0.6 is 23.2 Å². The summed E-state index contributed by atoms with van der Waals surface area (Å²) in [4.78, 5) is 1.37. The summed E-state index contributed by atoms with van der Waals surface area (Å²) in [5, 5.41) is 19.3. The second-order valence-electron chi connectivity index (χ2n) is 4.24. The molecule has 0 bridgehead atoms. The number of aromatic hydroxyl groups is 1. The van der Waals surface area contributed by atoms with Crippen LogP contribution in [0.25, 0.3) is 16.7 Å². The molecule has 6 heteroatoms. The van der Waals surface area contributed by atoms with Crippen molar-refractivity contribution < 1.29 is 5.11 Å². The normalized spacial score (nSPS) is 11.1. The summed E-state index contributed by atoms with van der Waals surface area (Å²) < 4.78 is 0. The lowest BCUT2D eigenvalue weighted by Crippen LogP contribution is -1.99. The predicted octanol–water partition coefficient (Wildman–Crippen LogP) is 3.74. The molecule has 0 radical (unpaired) electrons. The number of nitrogens with zero attached hydrogens (tertiary/aromatic N) is 3. The van der Waals surface area contributed by atoms with Gasteiger partial charge in [-0.15, -0.1) is 15.0 Å². The summed E-state index contributed by atoms with van der Waals surface area (Å²) >= 11 is 11.9. The second kappa shape index (κ2) is 4.40. The third kappa shape index (κ3) is 2.13. The number of phenolic OH excluding ortho intramolecular Hbond substituents is 1. The molecule has 3 aromatic rings. The van der Waals surface area contributed by atoms with E-state index in [1.54, 1.807) is 24.3 Å². The summed E-state index contributed by atoms with van der Waals surface area (Å²) in [5.41, 5.74) is 2.76. The number of halogens is 2. The lowest BCUT2D eigenvalue weighted by Gasteiger charge is -2.03. The summed E-state index contributed by atoms with van der Waals surface area (Å²) in [5.74, 6) is 0.114. The van der Waals surface area contributed by atoms with Gasteiger partial charge in [-0.1, -0.05) is 29.3 Å². The molecule has 0 fully saturated rings. The van der Waals surface area contributed by atoms with Crippen molar-refractivity contribution in [3.63, 3.8) is 0 Å². The van der Waals surface area contributed by atoms with E-state index < -0.39 is 0 Å². The van der Waals surface area contributed by atoms with Crippen molar-refractivity contribution in [3.05, 3.63) is 45.9 Å². The molecule has 1 heterocycles. The van der Waals surface area contributed by atoms with Gasteiger partial charge < -0.3 is 5.11 Å². The molecule has 4 nitrogen and oxygen atoms in total. The van der Waals surface area contributed by atoms with E-state index in [1.165, 1.54) is 4.80 Å². The maximum absolute atomic E-state index is 9.87. The number of hydrogen-bond donors (Lipinski definition) is 1. The molecule has 3 rings (SSSR count).